The summed E-state index contributed by atoms with van der Waals surface area (Å²) < 4.78 is 1.50. The number of carboxylic acids is 1. The van der Waals surface area contributed by atoms with E-state index in [1.807, 2.05) is 24.3 Å². The Balaban J connectivity index is 2.18. The van der Waals surface area contributed by atoms with Crippen LogP contribution in [0.15, 0.2) is 24.3 Å². The third-order valence-corrected chi connectivity index (χ3v) is 2.21. The van der Waals surface area contributed by atoms with E-state index in [0.29, 0.717) is 0 Å². The third kappa shape index (κ3) is 2.17. The molecule has 0 aliphatic carbocycles. The molecule has 2 aromatic rings. The minimum Gasteiger partial charge on any atom is -0.481 e. The molecule has 0 aliphatic heterocycles. The maximum atomic E-state index is 10.4. The Bertz CT molecular complexity index is 509. The number of nitrogens with zero attached hydrogens (tertiary/aromatic N) is 3. The number of para-hydroxylation sites is 1. The minimum absolute atomic E-state index is 0.132. The molecule has 6 heteroatoms. The Labute approximate surface area is 91.1 Å². The van der Waals surface area contributed by atoms with E-state index in [0.717, 1.165) is 11.0 Å². The number of fused-ring (bicyclic) bond motifs is 1. The number of hydrogen-bond acceptors (Lipinski definition) is 4. The van der Waals surface area contributed by atoms with Crippen LogP contribution in [0.25, 0.3) is 11.0 Å². The summed E-state index contributed by atoms with van der Waals surface area (Å²) in [6.45, 7) is 0.132. The molecule has 0 saturated heterocycles. The first kappa shape index (κ1) is 10.6. The molecular weight excluding hydrogens is 210 g/mol. The molecule has 1 atom stereocenters. The molecule has 6 nitrogen and oxygen atoms in total. The van der Waals surface area contributed by atoms with Gasteiger partial charge in [0, 0.05) is 0 Å². The van der Waals surface area contributed by atoms with E-state index in [1.165, 1.54) is 4.68 Å². The van der Waals surface area contributed by atoms with Crippen LogP contribution < -0.4 is 0 Å². The predicted molar refractivity (Wildman–Crippen MR) is 55.8 cm³/mol. The van der Waals surface area contributed by atoms with E-state index in [1.54, 1.807) is 0 Å². The van der Waals surface area contributed by atoms with Gasteiger partial charge in [-0.2, -0.15) is 0 Å². The Morgan fingerprint density at radius 3 is 2.94 bits per heavy atom. The summed E-state index contributed by atoms with van der Waals surface area (Å²) in [6, 6.07) is 7.31. The zero-order chi connectivity index (χ0) is 11.5. The molecule has 1 aromatic carbocycles. The topological polar surface area (TPSA) is 88.2 Å². The SMILES string of the molecule is O=C(O)CC(O)Cn1nnc2ccccc21. The Morgan fingerprint density at radius 2 is 2.19 bits per heavy atom. The van der Waals surface area contributed by atoms with Crippen molar-refractivity contribution in [1.82, 2.24) is 15.0 Å². The van der Waals surface area contributed by atoms with E-state index >= 15 is 0 Å². The Kier molecular flexibility index (Phi) is 2.82. The van der Waals surface area contributed by atoms with Gasteiger partial charge >= 0.3 is 5.97 Å². The standard InChI is InChI=1S/C10H11N3O3/c14-7(5-10(15)16)6-13-9-4-2-1-3-8(9)11-12-13/h1-4,7,14H,5-6H2,(H,15,16). The fourth-order valence-electron chi connectivity index (χ4n) is 1.52. The fraction of sp³-hybridized carbons (Fsp3) is 0.300. The molecule has 0 radical (unpaired) electrons. The zero-order valence-corrected chi connectivity index (χ0v) is 8.45. The number of carboxylic acid groups (broad SMARTS) is 1. The zero-order valence-electron chi connectivity index (χ0n) is 8.45. The Hall–Kier alpha value is -1.95. The molecule has 1 heterocycles. The van der Waals surface area contributed by atoms with Crippen molar-refractivity contribution in [3.8, 4) is 0 Å². The second kappa shape index (κ2) is 4.28. The van der Waals surface area contributed by atoms with Gasteiger partial charge in [0.2, 0.25) is 0 Å². The van der Waals surface area contributed by atoms with Gasteiger partial charge in [-0.25, -0.2) is 4.68 Å². The minimum atomic E-state index is -1.03. The van der Waals surface area contributed by atoms with Gasteiger partial charge < -0.3 is 10.2 Å². The monoisotopic (exact) mass is 221 g/mol. The van der Waals surface area contributed by atoms with Crippen LogP contribution in [0.2, 0.25) is 0 Å². The van der Waals surface area contributed by atoms with Crippen molar-refractivity contribution in [3.05, 3.63) is 24.3 Å². The summed E-state index contributed by atoms with van der Waals surface area (Å²) in [4.78, 5) is 10.4. The highest BCUT2D eigenvalue weighted by Gasteiger charge is 2.12. The number of rotatable bonds is 4. The van der Waals surface area contributed by atoms with E-state index in [2.05, 4.69) is 10.3 Å². The first-order valence-electron chi connectivity index (χ1n) is 4.85. The van der Waals surface area contributed by atoms with E-state index in [4.69, 9.17) is 5.11 Å². The van der Waals surface area contributed by atoms with Crippen LogP contribution in [-0.2, 0) is 11.3 Å². The normalized spacial score (nSPS) is 12.8. The van der Waals surface area contributed by atoms with Crippen LogP contribution in [0.1, 0.15) is 6.42 Å². The van der Waals surface area contributed by atoms with Crippen LogP contribution in [0.5, 0.6) is 0 Å². The molecule has 0 spiro atoms. The van der Waals surface area contributed by atoms with Crippen molar-refractivity contribution >= 4 is 17.0 Å². The van der Waals surface area contributed by atoms with Crippen molar-refractivity contribution in [1.29, 1.82) is 0 Å². The molecule has 0 fully saturated rings. The van der Waals surface area contributed by atoms with Gasteiger partial charge in [0.25, 0.3) is 0 Å². The van der Waals surface area contributed by atoms with E-state index in [9.17, 15) is 9.90 Å². The number of aliphatic carboxylic acids is 1. The second-order valence-corrected chi connectivity index (χ2v) is 3.51. The summed E-state index contributed by atoms with van der Waals surface area (Å²) >= 11 is 0. The number of benzene rings is 1. The molecule has 16 heavy (non-hydrogen) atoms. The van der Waals surface area contributed by atoms with Crippen molar-refractivity contribution in [3.63, 3.8) is 0 Å². The summed E-state index contributed by atoms with van der Waals surface area (Å²) in [5, 5.41) is 25.8. The van der Waals surface area contributed by atoms with Crippen molar-refractivity contribution in [2.75, 3.05) is 0 Å². The lowest BCUT2D eigenvalue weighted by atomic mass is 10.2. The van der Waals surface area contributed by atoms with Gasteiger partial charge in [-0.15, -0.1) is 5.10 Å². The Morgan fingerprint density at radius 1 is 1.44 bits per heavy atom. The molecule has 0 amide bonds. The van der Waals surface area contributed by atoms with Crippen LogP contribution in [0.4, 0.5) is 0 Å². The molecule has 1 unspecified atom stereocenters. The molecule has 0 saturated carbocycles. The van der Waals surface area contributed by atoms with Crippen LogP contribution >= 0.6 is 0 Å². The molecule has 84 valence electrons. The fourth-order valence-corrected chi connectivity index (χ4v) is 1.52. The highest BCUT2D eigenvalue weighted by atomic mass is 16.4. The number of aliphatic hydroxyl groups is 1. The van der Waals surface area contributed by atoms with Crippen molar-refractivity contribution < 1.29 is 15.0 Å². The lowest BCUT2D eigenvalue weighted by molar-refractivity contribution is -0.139. The predicted octanol–water partition coefficient (Wildman–Crippen LogP) is 0.267. The number of aliphatic hydroxyl groups excluding tert-OH is 1. The third-order valence-electron chi connectivity index (χ3n) is 2.21. The molecular formula is C10H11N3O3. The first-order chi connectivity index (χ1) is 7.66. The van der Waals surface area contributed by atoms with E-state index < -0.39 is 12.1 Å². The summed E-state index contributed by atoms with van der Waals surface area (Å²) in [6.07, 6.45) is -1.25. The van der Waals surface area contributed by atoms with Crippen molar-refractivity contribution in [2.45, 2.75) is 19.1 Å². The highest BCUT2D eigenvalue weighted by molar-refractivity contribution is 5.73. The molecule has 0 aliphatic rings. The van der Waals surface area contributed by atoms with Crippen LogP contribution in [0.3, 0.4) is 0 Å². The summed E-state index contributed by atoms with van der Waals surface area (Å²) in [5.41, 5.74) is 1.51. The number of carbonyl (C=O) groups is 1. The average Bonchev–Trinajstić information content (AvgIpc) is 2.61. The second-order valence-electron chi connectivity index (χ2n) is 3.51. The maximum absolute atomic E-state index is 10.4. The van der Waals surface area contributed by atoms with E-state index in [-0.39, 0.29) is 13.0 Å². The smallest absolute Gasteiger partial charge is 0.306 e. The molecule has 2 rings (SSSR count). The van der Waals surface area contributed by atoms with Crippen molar-refractivity contribution in [2.24, 2.45) is 0 Å². The number of hydrogen-bond donors (Lipinski definition) is 2. The quantitative estimate of drug-likeness (QED) is 0.773. The summed E-state index contributed by atoms with van der Waals surface area (Å²) in [7, 11) is 0. The van der Waals surface area contributed by atoms with Gasteiger partial charge in [-0.05, 0) is 12.1 Å². The van der Waals surface area contributed by atoms with Gasteiger partial charge in [-0.1, -0.05) is 17.3 Å². The van der Waals surface area contributed by atoms with Gasteiger partial charge in [0.1, 0.15) is 5.52 Å². The number of aromatic nitrogens is 3. The maximum Gasteiger partial charge on any atom is 0.306 e. The largest absolute Gasteiger partial charge is 0.481 e. The van der Waals surface area contributed by atoms with Gasteiger partial charge in [0.15, 0.2) is 0 Å². The van der Waals surface area contributed by atoms with Gasteiger partial charge in [-0.3, -0.25) is 4.79 Å². The highest BCUT2D eigenvalue weighted by Crippen LogP contribution is 2.10. The summed E-state index contributed by atoms with van der Waals surface area (Å²) in [5.74, 6) is -1.03. The van der Waals surface area contributed by atoms with Crippen LogP contribution in [-0.4, -0.2) is 37.3 Å². The molecule has 1 aromatic heterocycles. The lowest BCUT2D eigenvalue weighted by Gasteiger charge is -2.07. The lowest BCUT2D eigenvalue weighted by Crippen LogP contribution is -2.20. The molecule has 0 bridgehead atoms. The van der Waals surface area contributed by atoms with Crippen LogP contribution in [0, 0.1) is 0 Å². The van der Waals surface area contributed by atoms with Gasteiger partial charge in [0.05, 0.1) is 24.6 Å². The first-order valence-corrected chi connectivity index (χ1v) is 4.85. The molecule has 2 N–H and O–H groups in total. The average molecular weight is 221 g/mol.